The van der Waals surface area contributed by atoms with Crippen molar-refractivity contribution < 1.29 is 14.4 Å². The van der Waals surface area contributed by atoms with E-state index in [0.29, 0.717) is 57.5 Å². The fraction of sp³-hybridized carbons (Fsp3) is 0.212. The van der Waals surface area contributed by atoms with Crippen molar-refractivity contribution in [2.24, 2.45) is 0 Å². The predicted molar refractivity (Wildman–Crippen MR) is 164 cm³/mol. The van der Waals surface area contributed by atoms with E-state index in [1.54, 1.807) is 40.5 Å². The van der Waals surface area contributed by atoms with Crippen LogP contribution in [0.1, 0.15) is 53.1 Å². The molecule has 11 nitrogen and oxygen atoms in total. The second-order valence-electron chi connectivity index (χ2n) is 10.5. The molecule has 1 saturated heterocycles. The first kappa shape index (κ1) is 28.4. The summed E-state index contributed by atoms with van der Waals surface area (Å²) in [7, 11) is 0. The van der Waals surface area contributed by atoms with Crippen molar-refractivity contribution in [2.75, 3.05) is 6.54 Å². The number of rotatable bonds is 6. The second-order valence-corrected chi connectivity index (χ2v) is 10.5. The van der Waals surface area contributed by atoms with E-state index in [2.05, 4.69) is 37.9 Å². The average Bonchev–Trinajstić information content (AvgIpc) is 3.61. The first-order valence-electron chi connectivity index (χ1n) is 14.2. The highest BCUT2D eigenvalue weighted by atomic mass is 16.2. The summed E-state index contributed by atoms with van der Waals surface area (Å²) < 4.78 is 3.15. The van der Waals surface area contributed by atoms with Gasteiger partial charge < -0.3 is 16.0 Å². The maximum Gasteiger partial charge on any atom is 0.264 e. The Kier molecular flexibility index (Phi) is 7.64. The van der Waals surface area contributed by atoms with Crippen LogP contribution in [0.5, 0.6) is 0 Å². The first-order chi connectivity index (χ1) is 21.3. The van der Waals surface area contributed by atoms with E-state index in [-0.39, 0.29) is 29.8 Å². The summed E-state index contributed by atoms with van der Waals surface area (Å²) in [5, 5.41) is 13.9. The number of nitrogens with zero attached hydrogens (tertiary/aromatic N) is 4. The molecule has 1 aliphatic rings. The summed E-state index contributed by atoms with van der Waals surface area (Å²) >= 11 is 0. The standard InChI is InChI=1S/C33H29N7O4/c1-20(36-32(43)28-21(2)38-39-18-8-17-34-30(28)39)26-19-23-10-6-9-22(11-7-16-35-31(42)25-14-15-27(41)37-25)29(23)33(44)40(26)24-12-4-3-5-13-24/h3-6,8-10,12-13,17-20,25H,14-16H2,1-2H3,(H,35,42)(H,36,43)(H,37,41)/t20-,25-/m0/s1. The molecule has 1 aliphatic heterocycles. The molecular formula is C33H29N7O4. The third-order valence-corrected chi connectivity index (χ3v) is 7.56. The van der Waals surface area contributed by atoms with E-state index in [0.717, 1.165) is 0 Å². The van der Waals surface area contributed by atoms with Crippen molar-refractivity contribution in [2.45, 2.75) is 38.8 Å². The Labute approximate surface area is 252 Å². The third-order valence-electron chi connectivity index (χ3n) is 7.56. The minimum atomic E-state index is -0.570. The van der Waals surface area contributed by atoms with Crippen LogP contribution in [0, 0.1) is 18.8 Å². The topological polar surface area (TPSA) is 139 Å². The largest absolute Gasteiger partial charge is 0.344 e. The smallest absolute Gasteiger partial charge is 0.264 e. The molecule has 0 spiro atoms. The number of pyridine rings is 1. The van der Waals surface area contributed by atoms with Gasteiger partial charge in [0.15, 0.2) is 5.65 Å². The lowest BCUT2D eigenvalue weighted by atomic mass is 10.0. The van der Waals surface area contributed by atoms with Gasteiger partial charge in [-0.05, 0) is 56.0 Å². The van der Waals surface area contributed by atoms with E-state index in [4.69, 9.17) is 0 Å². The van der Waals surface area contributed by atoms with Gasteiger partial charge in [-0.2, -0.15) is 5.10 Å². The van der Waals surface area contributed by atoms with Crippen LogP contribution in [-0.2, 0) is 9.59 Å². The fourth-order valence-electron chi connectivity index (χ4n) is 5.46. The number of nitrogens with one attached hydrogen (secondary N) is 3. The Bertz CT molecular complexity index is 2050. The zero-order chi connectivity index (χ0) is 30.8. The number of benzene rings is 2. The summed E-state index contributed by atoms with van der Waals surface area (Å²) in [4.78, 5) is 55.8. The molecule has 6 rings (SSSR count). The molecule has 220 valence electrons. The summed E-state index contributed by atoms with van der Waals surface area (Å²) in [6.07, 6.45) is 4.12. The lowest BCUT2D eigenvalue weighted by molar-refractivity contribution is -0.125. The van der Waals surface area contributed by atoms with Crippen LogP contribution in [-0.4, -0.2) is 49.5 Å². The predicted octanol–water partition coefficient (Wildman–Crippen LogP) is 2.58. The van der Waals surface area contributed by atoms with Crippen molar-refractivity contribution >= 4 is 34.1 Å². The minimum absolute atomic E-state index is 0.0629. The summed E-state index contributed by atoms with van der Waals surface area (Å²) in [5.74, 6) is 5.18. The number of hydrogen-bond acceptors (Lipinski definition) is 6. The van der Waals surface area contributed by atoms with Gasteiger partial charge in [-0.1, -0.05) is 42.2 Å². The second kappa shape index (κ2) is 11.9. The zero-order valence-corrected chi connectivity index (χ0v) is 24.1. The summed E-state index contributed by atoms with van der Waals surface area (Å²) in [6, 6.07) is 17.1. The molecule has 2 atom stereocenters. The number of fused-ring (bicyclic) bond motifs is 2. The van der Waals surface area contributed by atoms with Crippen LogP contribution in [0.2, 0.25) is 0 Å². The number of aromatic nitrogens is 4. The maximum absolute atomic E-state index is 14.2. The Hall–Kier alpha value is -5.76. The Morgan fingerprint density at radius 1 is 1.11 bits per heavy atom. The van der Waals surface area contributed by atoms with Gasteiger partial charge in [0.1, 0.15) is 11.6 Å². The lowest BCUT2D eigenvalue weighted by Crippen LogP contribution is -2.41. The van der Waals surface area contributed by atoms with Crippen molar-refractivity contribution in [3.05, 3.63) is 106 Å². The van der Waals surface area contributed by atoms with E-state index in [1.807, 2.05) is 55.5 Å². The van der Waals surface area contributed by atoms with Crippen molar-refractivity contribution in [3.8, 4) is 17.5 Å². The van der Waals surface area contributed by atoms with Crippen LogP contribution in [0.15, 0.2) is 77.9 Å². The van der Waals surface area contributed by atoms with Crippen molar-refractivity contribution in [1.82, 2.24) is 35.1 Å². The van der Waals surface area contributed by atoms with Crippen LogP contribution in [0.4, 0.5) is 0 Å². The Morgan fingerprint density at radius 2 is 1.93 bits per heavy atom. The summed E-state index contributed by atoms with van der Waals surface area (Å²) in [5.41, 5.74) is 2.80. The normalized spacial score (nSPS) is 15.0. The average molecular weight is 588 g/mol. The summed E-state index contributed by atoms with van der Waals surface area (Å²) in [6.45, 7) is 3.64. The molecular weight excluding hydrogens is 558 g/mol. The van der Waals surface area contributed by atoms with Gasteiger partial charge in [-0.25, -0.2) is 9.50 Å². The van der Waals surface area contributed by atoms with Gasteiger partial charge in [0, 0.05) is 35.8 Å². The lowest BCUT2D eigenvalue weighted by Gasteiger charge is -2.21. The quantitative estimate of drug-likeness (QED) is 0.261. The van der Waals surface area contributed by atoms with Gasteiger partial charge >= 0.3 is 0 Å². The molecule has 4 heterocycles. The van der Waals surface area contributed by atoms with E-state index in [9.17, 15) is 19.2 Å². The van der Waals surface area contributed by atoms with E-state index < -0.39 is 12.1 Å². The molecule has 3 amide bonds. The molecule has 2 aromatic carbocycles. The highest BCUT2D eigenvalue weighted by Crippen LogP contribution is 2.24. The van der Waals surface area contributed by atoms with Gasteiger partial charge in [0.2, 0.25) is 11.8 Å². The molecule has 0 unspecified atom stereocenters. The molecule has 0 saturated carbocycles. The maximum atomic E-state index is 14.2. The molecule has 0 bridgehead atoms. The van der Waals surface area contributed by atoms with Gasteiger partial charge in [-0.15, -0.1) is 0 Å². The van der Waals surface area contributed by atoms with Crippen LogP contribution in [0.25, 0.3) is 22.1 Å². The zero-order valence-electron chi connectivity index (χ0n) is 24.1. The van der Waals surface area contributed by atoms with Crippen molar-refractivity contribution in [1.29, 1.82) is 0 Å². The number of hydrogen-bond donors (Lipinski definition) is 3. The minimum Gasteiger partial charge on any atom is -0.344 e. The first-order valence-corrected chi connectivity index (χ1v) is 14.2. The highest BCUT2D eigenvalue weighted by Gasteiger charge is 2.27. The van der Waals surface area contributed by atoms with Gasteiger partial charge in [0.05, 0.1) is 23.7 Å². The van der Waals surface area contributed by atoms with E-state index >= 15 is 0 Å². The molecule has 0 aliphatic carbocycles. The van der Waals surface area contributed by atoms with Crippen LogP contribution in [0.3, 0.4) is 0 Å². The molecule has 3 aromatic heterocycles. The fourth-order valence-corrected chi connectivity index (χ4v) is 5.46. The molecule has 44 heavy (non-hydrogen) atoms. The number of carbonyl (C=O) groups excluding carboxylic acids is 3. The molecule has 0 radical (unpaired) electrons. The molecule has 3 N–H and O–H groups in total. The Balaban J connectivity index is 1.35. The third kappa shape index (κ3) is 5.41. The van der Waals surface area contributed by atoms with E-state index in [1.165, 1.54) is 0 Å². The number of carbonyl (C=O) groups is 3. The monoisotopic (exact) mass is 587 g/mol. The van der Waals surface area contributed by atoms with Gasteiger partial charge in [0.25, 0.3) is 11.5 Å². The number of aryl methyl sites for hydroxylation is 1. The SMILES string of the molecule is Cc1nn2cccnc2c1C(=O)N[C@@H](C)c1cc2cccc(C#CCNC(=O)[C@@H]3CCC(=O)N3)c2c(=O)n1-c1ccccc1. The highest BCUT2D eigenvalue weighted by molar-refractivity contribution is 6.01. The van der Waals surface area contributed by atoms with Crippen LogP contribution >= 0.6 is 0 Å². The molecule has 5 aromatic rings. The van der Waals surface area contributed by atoms with Crippen LogP contribution < -0.4 is 21.5 Å². The molecule has 11 heteroatoms. The molecule has 1 fully saturated rings. The number of amides is 3. The van der Waals surface area contributed by atoms with Gasteiger partial charge in [-0.3, -0.25) is 23.7 Å². The Morgan fingerprint density at radius 3 is 2.70 bits per heavy atom. The number of para-hydroxylation sites is 1. The van der Waals surface area contributed by atoms with Crippen molar-refractivity contribution in [3.63, 3.8) is 0 Å².